The quantitative estimate of drug-likeness (QED) is 0.707. The van der Waals surface area contributed by atoms with Crippen LogP contribution in [0.3, 0.4) is 0 Å². The maximum atomic E-state index is 10.9. The molecule has 16 heavy (non-hydrogen) atoms. The third-order valence-corrected chi connectivity index (χ3v) is 2.10. The summed E-state index contributed by atoms with van der Waals surface area (Å²) in [4.78, 5) is 21.6. The number of nitrogens with one attached hydrogen (secondary N) is 2. The number of anilines is 1. The first-order valence-corrected chi connectivity index (χ1v) is 4.57. The lowest BCUT2D eigenvalue weighted by atomic mass is 10.1. The van der Waals surface area contributed by atoms with E-state index in [1.54, 1.807) is 6.07 Å². The van der Waals surface area contributed by atoms with Gasteiger partial charge in [-0.05, 0) is 18.2 Å². The molecular formula is C10H9N3O3. The van der Waals surface area contributed by atoms with Gasteiger partial charge in [0.1, 0.15) is 0 Å². The molecule has 0 radical (unpaired) electrons. The number of fused-ring (bicyclic) bond motifs is 1. The summed E-state index contributed by atoms with van der Waals surface area (Å²) in [6.45, 7) is 1.38. The molecule has 0 bridgehead atoms. The normalized spacial score (nSPS) is 10.3. The molecule has 1 heterocycles. The number of carbonyl (C=O) groups excluding carboxylic acids is 1. The third kappa shape index (κ3) is 1.72. The lowest BCUT2D eigenvalue weighted by Crippen LogP contribution is -2.06. The number of aromatic carboxylic acids is 1. The molecule has 6 nitrogen and oxygen atoms in total. The summed E-state index contributed by atoms with van der Waals surface area (Å²) in [7, 11) is 0. The van der Waals surface area contributed by atoms with Crippen molar-refractivity contribution in [3.63, 3.8) is 0 Å². The third-order valence-electron chi connectivity index (χ3n) is 2.10. The Morgan fingerprint density at radius 3 is 2.81 bits per heavy atom. The van der Waals surface area contributed by atoms with Gasteiger partial charge in [0.25, 0.3) is 0 Å². The Balaban J connectivity index is 2.50. The zero-order valence-electron chi connectivity index (χ0n) is 8.44. The molecule has 1 aromatic heterocycles. The van der Waals surface area contributed by atoms with Crippen molar-refractivity contribution in [2.75, 3.05) is 5.32 Å². The number of carboxylic acid groups (broad SMARTS) is 1. The zero-order chi connectivity index (χ0) is 11.7. The second kappa shape index (κ2) is 3.65. The highest BCUT2D eigenvalue weighted by molar-refractivity contribution is 6.01. The summed E-state index contributed by atoms with van der Waals surface area (Å²) >= 11 is 0. The predicted molar refractivity (Wildman–Crippen MR) is 57.4 cm³/mol. The summed E-state index contributed by atoms with van der Waals surface area (Å²) < 4.78 is 0. The number of hydrogen-bond acceptors (Lipinski definition) is 3. The first-order valence-electron chi connectivity index (χ1n) is 4.57. The fraction of sp³-hybridized carbons (Fsp3) is 0.100. The van der Waals surface area contributed by atoms with Gasteiger partial charge in [-0.1, -0.05) is 0 Å². The molecule has 2 rings (SSSR count). The van der Waals surface area contributed by atoms with Crippen LogP contribution in [0.5, 0.6) is 0 Å². The number of benzene rings is 1. The van der Waals surface area contributed by atoms with Gasteiger partial charge in [0.05, 0.1) is 11.1 Å². The Morgan fingerprint density at radius 1 is 1.44 bits per heavy atom. The summed E-state index contributed by atoms with van der Waals surface area (Å²) in [5.74, 6) is -0.826. The van der Waals surface area contributed by atoms with E-state index < -0.39 is 5.97 Å². The Bertz CT molecular complexity index is 574. The minimum Gasteiger partial charge on any atom is -0.478 e. The van der Waals surface area contributed by atoms with Gasteiger partial charge in [-0.3, -0.25) is 9.89 Å². The Hall–Kier alpha value is -2.37. The molecule has 1 aromatic carbocycles. The largest absolute Gasteiger partial charge is 0.478 e. The number of H-pyrrole nitrogens is 1. The van der Waals surface area contributed by atoms with Gasteiger partial charge in [-0.25, -0.2) is 4.79 Å². The van der Waals surface area contributed by atoms with Crippen molar-refractivity contribution in [3.8, 4) is 0 Å². The number of hydrogen-bond donors (Lipinski definition) is 3. The van der Waals surface area contributed by atoms with Gasteiger partial charge in [-0.2, -0.15) is 5.10 Å². The highest BCUT2D eigenvalue weighted by Gasteiger charge is 2.09. The molecule has 1 amide bonds. The average molecular weight is 219 g/mol. The molecule has 0 atom stereocenters. The molecule has 0 saturated heterocycles. The fourth-order valence-electron chi connectivity index (χ4n) is 1.41. The molecule has 0 aliphatic carbocycles. The van der Waals surface area contributed by atoms with E-state index in [-0.39, 0.29) is 11.5 Å². The summed E-state index contributed by atoms with van der Waals surface area (Å²) in [6, 6.07) is 4.54. The fourth-order valence-corrected chi connectivity index (χ4v) is 1.41. The van der Waals surface area contributed by atoms with Gasteiger partial charge < -0.3 is 10.4 Å². The standard InChI is InChI=1S/C10H9N3O3/c1-5(14)11-9-7-3-2-6(10(15)16)4-8(7)12-13-9/h2-4H,1H3,(H,15,16)(H2,11,12,13,14). The van der Waals surface area contributed by atoms with Gasteiger partial charge in [-0.15, -0.1) is 0 Å². The van der Waals surface area contributed by atoms with Crippen LogP contribution in [0, 0.1) is 0 Å². The SMILES string of the molecule is CC(=O)Nc1n[nH]c2cc(C(=O)O)ccc12. The molecule has 3 N–H and O–H groups in total. The highest BCUT2D eigenvalue weighted by Crippen LogP contribution is 2.21. The van der Waals surface area contributed by atoms with Crippen LogP contribution >= 0.6 is 0 Å². The molecule has 82 valence electrons. The minimum absolute atomic E-state index is 0.172. The predicted octanol–water partition coefficient (Wildman–Crippen LogP) is 1.22. The van der Waals surface area contributed by atoms with Crippen LogP contribution in [-0.2, 0) is 4.79 Å². The van der Waals surface area contributed by atoms with Crippen LogP contribution in [0.15, 0.2) is 18.2 Å². The Labute approximate surface area is 90.3 Å². The van der Waals surface area contributed by atoms with Crippen molar-refractivity contribution >= 4 is 28.6 Å². The van der Waals surface area contributed by atoms with E-state index in [4.69, 9.17) is 5.11 Å². The summed E-state index contributed by atoms with van der Waals surface area (Å²) in [5, 5.41) is 18.6. The molecule has 0 spiro atoms. The monoisotopic (exact) mass is 219 g/mol. The number of carboxylic acids is 1. The molecule has 0 saturated carbocycles. The van der Waals surface area contributed by atoms with E-state index in [2.05, 4.69) is 15.5 Å². The van der Waals surface area contributed by atoms with Crippen molar-refractivity contribution in [3.05, 3.63) is 23.8 Å². The van der Waals surface area contributed by atoms with Crippen LogP contribution in [-0.4, -0.2) is 27.2 Å². The second-order valence-electron chi connectivity index (χ2n) is 3.32. The van der Waals surface area contributed by atoms with Crippen molar-refractivity contribution in [1.82, 2.24) is 10.2 Å². The number of aromatic amines is 1. The molecule has 0 fully saturated rings. The smallest absolute Gasteiger partial charge is 0.335 e. The van der Waals surface area contributed by atoms with Crippen LogP contribution < -0.4 is 5.32 Å². The van der Waals surface area contributed by atoms with Crippen molar-refractivity contribution < 1.29 is 14.7 Å². The lowest BCUT2D eigenvalue weighted by Gasteiger charge is -1.97. The first-order chi connectivity index (χ1) is 7.58. The van der Waals surface area contributed by atoms with E-state index >= 15 is 0 Å². The topological polar surface area (TPSA) is 95.1 Å². The van der Waals surface area contributed by atoms with Gasteiger partial charge >= 0.3 is 5.97 Å². The van der Waals surface area contributed by atoms with Gasteiger partial charge in [0, 0.05) is 12.3 Å². The van der Waals surface area contributed by atoms with Crippen LogP contribution in [0.25, 0.3) is 10.9 Å². The number of amides is 1. The van der Waals surface area contributed by atoms with E-state index in [1.807, 2.05) is 0 Å². The molecule has 6 heteroatoms. The second-order valence-corrected chi connectivity index (χ2v) is 3.32. The number of carbonyl (C=O) groups is 2. The minimum atomic E-state index is -1.00. The van der Waals surface area contributed by atoms with Crippen molar-refractivity contribution in [2.24, 2.45) is 0 Å². The molecular weight excluding hydrogens is 210 g/mol. The highest BCUT2D eigenvalue weighted by atomic mass is 16.4. The first kappa shape index (κ1) is 10.2. The molecule has 0 aliphatic heterocycles. The molecule has 2 aromatic rings. The average Bonchev–Trinajstić information content (AvgIpc) is 2.60. The number of rotatable bonds is 2. The van der Waals surface area contributed by atoms with E-state index in [0.29, 0.717) is 16.7 Å². The van der Waals surface area contributed by atoms with Crippen LogP contribution in [0.4, 0.5) is 5.82 Å². The summed E-state index contributed by atoms with van der Waals surface area (Å²) in [6.07, 6.45) is 0. The number of nitrogens with zero attached hydrogens (tertiary/aromatic N) is 1. The van der Waals surface area contributed by atoms with Gasteiger partial charge in [0.2, 0.25) is 5.91 Å². The van der Waals surface area contributed by atoms with E-state index in [1.165, 1.54) is 19.1 Å². The van der Waals surface area contributed by atoms with Gasteiger partial charge in [0.15, 0.2) is 5.82 Å². The Kier molecular flexibility index (Phi) is 2.32. The molecule has 0 aliphatic rings. The lowest BCUT2D eigenvalue weighted by molar-refractivity contribution is -0.114. The maximum absolute atomic E-state index is 10.9. The molecule has 0 unspecified atom stereocenters. The van der Waals surface area contributed by atoms with E-state index in [0.717, 1.165) is 0 Å². The maximum Gasteiger partial charge on any atom is 0.335 e. The number of aromatic nitrogens is 2. The summed E-state index contributed by atoms with van der Waals surface area (Å²) in [5.41, 5.74) is 0.745. The van der Waals surface area contributed by atoms with Crippen LogP contribution in [0.2, 0.25) is 0 Å². The van der Waals surface area contributed by atoms with E-state index in [9.17, 15) is 9.59 Å². The van der Waals surface area contributed by atoms with Crippen molar-refractivity contribution in [1.29, 1.82) is 0 Å². The zero-order valence-corrected chi connectivity index (χ0v) is 8.44. The Morgan fingerprint density at radius 2 is 2.19 bits per heavy atom. The van der Waals surface area contributed by atoms with Crippen LogP contribution in [0.1, 0.15) is 17.3 Å². The van der Waals surface area contributed by atoms with Crippen molar-refractivity contribution in [2.45, 2.75) is 6.92 Å².